The SMILES string of the molecule is CCn1cnc(CCNc2nc(NC3CCC(Nc4c(NC5CCC(Nc6nc(NCCc7cn(CC)cn7)nc7c6ncn7[C@@H]6C[C@H](n7ncc(CO)n7)[C@@H](O)[C@H]6O)CC5)c(=O)c4=O)CC3)c3ncn([C@@H]4C[C@H](n5ncc(CO)n5)[C@@H](O)[C@H]4O)c3n2)c1. The van der Waals surface area contributed by atoms with E-state index in [1.807, 2.05) is 21.5 Å². The van der Waals surface area contributed by atoms with Gasteiger partial charge in [-0.3, -0.25) is 9.59 Å². The number of imidazole rings is 4. The molecule has 466 valence electrons. The van der Waals surface area contributed by atoms with Gasteiger partial charge in [-0.1, -0.05) is 0 Å². The van der Waals surface area contributed by atoms with E-state index in [1.54, 1.807) is 34.4 Å². The third-order valence-corrected chi connectivity index (χ3v) is 18.0. The second-order valence-corrected chi connectivity index (χ2v) is 23.6. The topological polar surface area (TPSA) is 412 Å². The fraction of sp³-hybridized carbons (Fsp3) is 0.571. The Morgan fingerprint density at radius 2 is 0.875 bits per heavy atom. The summed E-state index contributed by atoms with van der Waals surface area (Å²) < 4.78 is 7.55. The lowest BCUT2D eigenvalue weighted by molar-refractivity contribution is 0.00491. The van der Waals surface area contributed by atoms with Crippen molar-refractivity contribution in [3.8, 4) is 0 Å². The Balaban J connectivity index is 0.649. The molecule has 32 heteroatoms. The summed E-state index contributed by atoms with van der Waals surface area (Å²) in [5.74, 6) is 1.71. The third kappa shape index (κ3) is 11.6. The highest BCUT2D eigenvalue weighted by Crippen LogP contribution is 2.42. The molecular weight excluding hydrogens is 1140 g/mol. The molecule has 4 saturated carbocycles. The highest BCUT2D eigenvalue weighted by Gasteiger charge is 2.47. The quantitative estimate of drug-likeness (QED) is 0.0375. The predicted octanol–water partition coefficient (Wildman–Crippen LogP) is 0.958. The summed E-state index contributed by atoms with van der Waals surface area (Å²) in [5.41, 5.74) is 4.02. The number of hydrogen-bond acceptors (Lipinski definition) is 26. The first kappa shape index (κ1) is 58.5. The number of anilines is 6. The molecule has 4 aliphatic carbocycles. The summed E-state index contributed by atoms with van der Waals surface area (Å²) in [6.45, 7) is 6.10. The standard InChI is InChI=1S/C56H74N24O8/c1-3-75-21-33(59-25-75)13-15-57-55-69-51(43-53(71-55)77(27-61-43)37-17-39(47(85)45(37)83)79-63-19-35(23-81)73-79)67-31-9-5-29(6-10-31)65-41-42(50(88)49(41)87)66-30-7-11-32(12-8-30)68-52-44-54(72-56(70-52)58-16-14-34-22-76(4-2)26-60-34)78(28-62-44)38-18-40(48(86)46(38)84)80-64-20-36(24-82)74-80/h19-22,25-32,37-40,45-48,65-66,81-86H,3-18,23-24H2,1-2H3,(H2,57,67,69,71)(H2,58,68,70,72)/t29?,30?,31?,32?,37-,38-,39+,40+,45+,46+,47-,48-/m1/s1. The molecule has 0 aliphatic heterocycles. The molecule has 8 heterocycles. The molecule has 4 fully saturated rings. The lowest BCUT2D eigenvalue weighted by atomic mass is 9.90. The molecule has 8 aromatic heterocycles. The van der Waals surface area contributed by atoms with Crippen molar-refractivity contribution in [1.29, 1.82) is 0 Å². The minimum absolute atomic E-state index is 0.0229. The zero-order valence-corrected chi connectivity index (χ0v) is 48.8. The van der Waals surface area contributed by atoms with Crippen molar-refractivity contribution in [1.82, 2.24) is 88.1 Å². The molecule has 0 bridgehead atoms. The number of aryl methyl sites for hydroxylation is 2. The summed E-state index contributed by atoms with van der Waals surface area (Å²) >= 11 is 0. The molecule has 32 nitrogen and oxygen atoms in total. The largest absolute Gasteiger partial charge is 0.390 e. The first-order chi connectivity index (χ1) is 42.8. The van der Waals surface area contributed by atoms with Crippen LogP contribution in [0.2, 0.25) is 0 Å². The minimum atomic E-state index is -1.20. The lowest BCUT2D eigenvalue weighted by Gasteiger charge is -2.33. The van der Waals surface area contributed by atoms with Crippen molar-refractivity contribution in [2.45, 2.75) is 190 Å². The first-order valence-electron chi connectivity index (χ1n) is 30.5. The van der Waals surface area contributed by atoms with Gasteiger partial charge < -0.3 is 80.8 Å². The molecule has 0 radical (unpaired) electrons. The second kappa shape index (κ2) is 24.9. The van der Waals surface area contributed by atoms with E-state index in [2.05, 4.69) is 76.1 Å². The summed E-state index contributed by atoms with van der Waals surface area (Å²) in [4.78, 5) is 67.3. The fourth-order valence-corrected chi connectivity index (χ4v) is 13.0. The Morgan fingerprint density at radius 3 is 1.24 bits per heavy atom. The van der Waals surface area contributed by atoms with Gasteiger partial charge in [-0.2, -0.15) is 49.9 Å². The van der Waals surface area contributed by atoms with E-state index in [1.165, 1.54) is 22.0 Å². The number of rotatable bonds is 24. The average Bonchev–Trinajstić information content (AvgIpc) is 2.47. The Bertz CT molecular complexity index is 3690. The number of nitrogens with one attached hydrogen (secondary N) is 6. The van der Waals surface area contributed by atoms with Crippen LogP contribution in [-0.2, 0) is 39.1 Å². The summed E-state index contributed by atoms with van der Waals surface area (Å²) in [6, 6.07) is -2.77. The molecule has 9 aromatic rings. The van der Waals surface area contributed by atoms with Crippen molar-refractivity contribution >= 4 is 57.2 Å². The van der Waals surface area contributed by atoms with E-state index in [9.17, 15) is 40.2 Å². The Labute approximate surface area is 502 Å². The molecule has 88 heavy (non-hydrogen) atoms. The smallest absolute Gasteiger partial charge is 0.253 e. The van der Waals surface area contributed by atoms with Crippen molar-refractivity contribution in [2.75, 3.05) is 45.0 Å². The summed E-state index contributed by atoms with van der Waals surface area (Å²) in [7, 11) is 0. The normalized spacial score (nSPS) is 25.7. The van der Waals surface area contributed by atoms with Gasteiger partial charge >= 0.3 is 0 Å². The van der Waals surface area contributed by atoms with Crippen LogP contribution >= 0.6 is 0 Å². The molecule has 12 N–H and O–H groups in total. The molecule has 4 aliphatic rings. The first-order valence-corrected chi connectivity index (χ1v) is 30.5. The Hall–Kier alpha value is -8.56. The number of hydrogen-bond donors (Lipinski definition) is 12. The molecule has 13 rings (SSSR count). The van der Waals surface area contributed by atoms with Gasteiger partial charge in [0, 0.05) is 75.6 Å². The van der Waals surface area contributed by atoms with Crippen molar-refractivity contribution in [3.63, 3.8) is 0 Å². The average molecular weight is 1210 g/mol. The van der Waals surface area contributed by atoms with Gasteiger partial charge in [0.05, 0.1) is 74.4 Å². The van der Waals surface area contributed by atoms with Crippen molar-refractivity contribution in [2.24, 2.45) is 0 Å². The van der Waals surface area contributed by atoms with E-state index in [0.29, 0.717) is 146 Å². The minimum Gasteiger partial charge on any atom is -0.390 e. The maximum Gasteiger partial charge on any atom is 0.253 e. The third-order valence-electron chi connectivity index (χ3n) is 18.0. The lowest BCUT2D eigenvalue weighted by Crippen LogP contribution is -2.43. The van der Waals surface area contributed by atoms with Crippen LogP contribution < -0.4 is 42.8 Å². The van der Waals surface area contributed by atoms with Crippen LogP contribution in [-0.4, -0.2) is 180 Å². The molecular formula is C56H74N24O8. The van der Waals surface area contributed by atoms with E-state index < -0.39 is 59.4 Å². The van der Waals surface area contributed by atoms with Gasteiger partial charge in [0.25, 0.3) is 10.9 Å². The van der Waals surface area contributed by atoms with Crippen LogP contribution in [0.25, 0.3) is 22.3 Å². The van der Waals surface area contributed by atoms with Gasteiger partial charge in [-0.05, 0) is 78.1 Å². The molecule has 8 atom stereocenters. The predicted molar refractivity (Wildman–Crippen MR) is 320 cm³/mol. The van der Waals surface area contributed by atoms with E-state index in [4.69, 9.17) is 29.9 Å². The molecule has 0 amide bonds. The van der Waals surface area contributed by atoms with E-state index >= 15 is 0 Å². The zero-order chi connectivity index (χ0) is 60.7. The summed E-state index contributed by atoms with van der Waals surface area (Å²) in [5, 5.41) is 102. The second-order valence-electron chi connectivity index (χ2n) is 23.6. The number of aromatic nitrogens is 18. The monoisotopic (exact) mass is 1210 g/mol. The highest BCUT2D eigenvalue weighted by atomic mass is 16.3. The maximum absolute atomic E-state index is 13.2. The van der Waals surface area contributed by atoms with Gasteiger partial charge in [0.1, 0.15) is 59.3 Å². The van der Waals surface area contributed by atoms with Crippen LogP contribution in [0.4, 0.5) is 34.9 Å². The number of aliphatic hydroxyl groups excluding tert-OH is 6. The van der Waals surface area contributed by atoms with Crippen LogP contribution in [0.1, 0.15) is 125 Å². The van der Waals surface area contributed by atoms with Gasteiger partial charge in [0.15, 0.2) is 34.0 Å². The van der Waals surface area contributed by atoms with Crippen LogP contribution in [0, 0.1) is 0 Å². The molecule has 0 spiro atoms. The number of aliphatic hydroxyl groups is 6. The van der Waals surface area contributed by atoms with Crippen molar-refractivity contribution in [3.05, 3.63) is 93.3 Å². The molecule has 0 unspecified atom stereocenters. The van der Waals surface area contributed by atoms with Gasteiger partial charge in [0.2, 0.25) is 11.9 Å². The van der Waals surface area contributed by atoms with E-state index in [-0.39, 0.29) is 50.2 Å². The number of nitrogens with zero attached hydrogens (tertiary/aromatic N) is 18. The Kier molecular flexibility index (Phi) is 16.5. The fourth-order valence-electron chi connectivity index (χ4n) is 13.0. The summed E-state index contributed by atoms with van der Waals surface area (Å²) in [6.07, 6.45) is 16.3. The maximum atomic E-state index is 13.2. The Morgan fingerprint density at radius 1 is 0.489 bits per heavy atom. The van der Waals surface area contributed by atoms with E-state index in [0.717, 1.165) is 24.5 Å². The molecule has 1 aromatic carbocycles. The van der Waals surface area contributed by atoms with Gasteiger partial charge in [-0.25, -0.2) is 19.9 Å². The number of fused-ring (bicyclic) bond motifs is 2. The highest BCUT2D eigenvalue weighted by molar-refractivity contribution is 5.85. The van der Waals surface area contributed by atoms with Crippen LogP contribution in [0.3, 0.4) is 0 Å². The van der Waals surface area contributed by atoms with Crippen LogP contribution in [0.15, 0.2) is 59.7 Å². The van der Waals surface area contributed by atoms with Gasteiger partial charge in [-0.15, -0.1) is 0 Å². The zero-order valence-electron chi connectivity index (χ0n) is 48.8. The van der Waals surface area contributed by atoms with Crippen LogP contribution in [0.5, 0.6) is 0 Å². The molecule has 0 saturated heterocycles. The van der Waals surface area contributed by atoms with Crippen molar-refractivity contribution < 1.29 is 30.6 Å².